The quantitative estimate of drug-likeness (QED) is 0.466. The Kier molecular flexibility index (Phi) is 7.37. The number of aromatic nitrogens is 2. The Labute approximate surface area is 210 Å². The number of halogens is 1. The van der Waals surface area contributed by atoms with E-state index in [0.29, 0.717) is 28.7 Å². The molecule has 0 unspecified atom stereocenters. The number of aryl methyl sites for hydroxylation is 1. The molecule has 1 aromatic heterocycles. The van der Waals surface area contributed by atoms with Crippen LogP contribution in [0.4, 0.5) is 5.82 Å². The van der Waals surface area contributed by atoms with Crippen molar-refractivity contribution in [3.8, 4) is 22.8 Å². The highest BCUT2D eigenvalue weighted by atomic mass is 35.5. The molecule has 4 rings (SSSR count). The second-order valence-electron chi connectivity index (χ2n) is 8.83. The fourth-order valence-corrected chi connectivity index (χ4v) is 5.84. The van der Waals surface area contributed by atoms with Crippen LogP contribution < -0.4 is 14.8 Å². The lowest BCUT2D eigenvalue weighted by Crippen LogP contribution is -2.23. The van der Waals surface area contributed by atoms with Gasteiger partial charge in [0.15, 0.2) is 16.4 Å². The van der Waals surface area contributed by atoms with E-state index in [-0.39, 0.29) is 30.3 Å². The summed E-state index contributed by atoms with van der Waals surface area (Å²) in [4.78, 5) is 12.7. The Morgan fingerprint density at radius 1 is 1.20 bits per heavy atom. The van der Waals surface area contributed by atoms with Gasteiger partial charge in [0.05, 0.1) is 34.4 Å². The highest BCUT2D eigenvalue weighted by Crippen LogP contribution is 2.32. The van der Waals surface area contributed by atoms with E-state index in [1.54, 1.807) is 35.0 Å². The molecule has 1 aliphatic rings. The summed E-state index contributed by atoms with van der Waals surface area (Å²) in [6, 6.07) is 14.0. The first-order valence-electron chi connectivity index (χ1n) is 11.4. The largest absolute Gasteiger partial charge is 0.491 e. The van der Waals surface area contributed by atoms with Gasteiger partial charge in [-0.15, -0.1) is 0 Å². The number of nitrogens with one attached hydrogen (secondary N) is 1. The molecule has 1 amide bonds. The van der Waals surface area contributed by atoms with Crippen LogP contribution in [-0.2, 0) is 14.6 Å². The lowest BCUT2D eigenvalue weighted by molar-refractivity contribution is -0.118. The number of para-hydroxylation sites is 1. The molecule has 1 fully saturated rings. The van der Waals surface area contributed by atoms with E-state index < -0.39 is 15.7 Å². The van der Waals surface area contributed by atoms with Crippen LogP contribution in [0.15, 0.2) is 48.5 Å². The lowest BCUT2D eigenvalue weighted by atomic mass is 10.1. The minimum atomic E-state index is -3.15. The molecule has 1 saturated heterocycles. The average Bonchev–Trinajstić information content (AvgIpc) is 3.37. The SMILES string of the molecule is Cc1cc(-c2cc(NC(=O)COc3ccccc3Cl)n([C@@H]3CCS(=O)(=O)C3)n2)ccc1OC(C)C. The van der Waals surface area contributed by atoms with Gasteiger partial charge in [-0.05, 0) is 63.1 Å². The van der Waals surface area contributed by atoms with Crippen molar-refractivity contribution in [1.82, 2.24) is 9.78 Å². The Hall–Kier alpha value is -3.04. The Bertz CT molecular complexity index is 1340. The van der Waals surface area contributed by atoms with Gasteiger partial charge < -0.3 is 14.8 Å². The van der Waals surface area contributed by atoms with Crippen LogP contribution in [0.2, 0.25) is 5.02 Å². The second-order valence-corrected chi connectivity index (χ2v) is 11.5. The van der Waals surface area contributed by atoms with E-state index in [0.717, 1.165) is 16.9 Å². The van der Waals surface area contributed by atoms with Crippen molar-refractivity contribution < 1.29 is 22.7 Å². The third kappa shape index (κ3) is 6.15. The van der Waals surface area contributed by atoms with Gasteiger partial charge in [-0.2, -0.15) is 5.10 Å². The minimum absolute atomic E-state index is 0.0205. The molecule has 3 aromatic rings. The number of sulfone groups is 1. The number of benzene rings is 2. The molecule has 35 heavy (non-hydrogen) atoms. The summed E-state index contributed by atoms with van der Waals surface area (Å²) in [6.45, 7) is 5.63. The van der Waals surface area contributed by atoms with E-state index in [4.69, 9.17) is 21.1 Å². The van der Waals surface area contributed by atoms with Gasteiger partial charge in [-0.1, -0.05) is 23.7 Å². The summed E-state index contributed by atoms with van der Waals surface area (Å²) in [5, 5.41) is 7.91. The predicted molar refractivity (Wildman–Crippen MR) is 136 cm³/mol. The maximum atomic E-state index is 12.7. The van der Waals surface area contributed by atoms with Gasteiger partial charge in [0.2, 0.25) is 0 Å². The molecule has 10 heteroatoms. The van der Waals surface area contributed by atoms with E-state index in [1.165, 1.54) is 0 Å². The first kappa shape index (κ1) is 25.1. The summed E-state index contributed by atoms with van der Waals surface area (Å²) < 4.78 is 37.2. The van der Waals surface area contributed by atoms with E-state index in [9.17, 15) is 13.2 Å². The summed E-state index contributed by atoms with van der Waals surface area (Å²) in [5.41, 5.74) is 2.41. The molecule has 1 atom stereocenters. The van der Waals surface area contributed by atoms with Gasteiger partial charge in [0, 0.05) is 11.6 Å². The molecule has 8 nitrogen and oxygen atoms in total. The van der Waals surface area contributed by atoms with E-state index in [2.05, 4.69) is 10.4 Å². The van der Waals surface area contributed by atoms with E-state index >= 15 is 0 Å². The first-order valence-corrected chi connectivity index (χ1v) is 13.6. The maximum Gasteiger partial charge on any atom is 0.263 e. The predicted octanol–water partition coefficient (Wildman–Crippen LogP) is 4.68. The third-order valence-corrected chi connectivity index (χ3v) is 7.65. The molecular weight excluding hydrogens is 490 g/mol. The molecule has 1 N–H and O–H groups in total. The maximum absolute atomic E-state index is 12.7. The Morgan fingerprint density at radius 3 is 2.63 bits per heavy atom. The highest BCUT2D eigenvalue weighted by molar-refractivity contribution is 7.91. The molecule has 2 heterocycles. The van der Waals surface area contributed by atoms with Crippen LogP contribution in [0.3, 0.4) is 0 Å². The lowest BCUT2D eigenvalue weighted by Gasteiger charge is -2.14. The summed E-state index contributed by atoms with van der Waals surface area (Å²) in [7, 11) is -3.15. The zero-order valence-corrected chi connectivity index (χ0v) is 21.4. The smallest absolute Gasteiger partial charge is 0.263 e. The minimum Gasteiger partial charge on any atom is -0.491 e. The van der Waals surface area contributed by atoms with Crippen LogP contribution >= 0.6 is 11.6 Å². The number of rotatable bonds is 8. The number of nitrogens with zero attached hydrogens (tertiary/aromatic N) is 2. The summed E-state index contributed by atoms with van der Waals surface area (Å²) in [6.07, 6.45) is 0.487. The summed E-state index contributed by atoms with van der Waals surface area (Å²) in [5.74, 6) is 1.27. The number of carbonyl (C=O) groups is 1. The molecule has 0 saturated carbocycles. The molecule has 186 valence electrons. The zero-order valence-electron chi connectivity index (χ0n) is 19.8. The first-order chi connectivity index (χ1) is 16.6. The van der Waals surface area contributed by atoms with Crippen molar-refractivity contribution in [3.05, 3.63) is 59.1 Å². The van der Waals surface area contributed by atoms with Gasteiger partial charge in [-0.3, -0.25) is 4.79 Å². The van der Waals surface area contributed by atoms with Gasteiger partial charge in [0.25, 0.3) is 5.91 Å². The van der Waals surface area contributed by atoms with Crippen molar-refractivity contribution in [2.24, 2.45) is 0 Å². The topological polar surface area (TPSA) is 99.5 Å². The van der Waals surface area contributed by atoms with Gasteiger partial charge in [0.1, 0.15) is 17.3 Å². The summed E-state index contributed by atoms with van der Waals surface area (Å²) >= 11 is 6.09. The molecule has 0 spiro atoms. The molecule has 0 aliphatic carbocycles. The van der Waals surface area contributed by atoms with Crippen LogP contribution in [0.25, 0.3) is 11.3 Å². The number of carbonyl (C=O) groups excluding carboxylic acids is 1. The van der Waals surface area contributed by atoms with Crippen molar-refractivity contribution in [2.75, 3.05) is 23.4 Å². The Balaban J connectivity index is 1.58. The molecule has 0 radical (unpaired) electrons. The van der Waals surface area contributed by atoms with E-state index in [1.807, 2.05) is 39.0 Å². The molecule has 1 aliphatic heterocycles. The fourth-order valence-electron chi connectivity index (χ4n) is 3.95. The number of hydrogen-bond acceptors (Lipinski definition) is 6. The van der Waals surface area contributed by atoms with Crippen LogP contribution in [0.1, 0.15) is 31.9 Å². The van der Waals surface area contributed by atoms with Gasteiger partial charge in [-0.25, -0.2) is 13.1 Å². The average molecular weight is 518 g/mol. The number of hydrogen-bond donors (Lipinski definition) is 1. The van der Waals surface area contributed by atoms with Crippen molar-refractivity contribution in [3.63, 3.8) is 0 Å². The van der Waals surface area contributed by atoms with Crippen LogP contribution in [0, 0.1) is 6.92 Å². The fraction of sp³-hybridized carbons (Fsp3) is 0.360. The number of anilines is 1. The normalized spacial score (nSPS) is 16.9. The molecule has 0 bridgehead atoms. The third-order valence-electron chi connectivity index (χ3n) is 5.59. The Morgan fingerprint density at radius 2 is 1.97 bits per heavy atom. The molecule has 2 aromatic carbocycles. The van der Waals surface area contributed by atoms with Crippen molar-refractivity contribution in [1.29, 1.82) is 0 Å². The second kappa shape index (κ2) is 10.3. The van der Waals surface area contributed by atoms with Crippen molar-refractivity contribution >= 4 is 33.2 Å². The highest BCUT2D eigenvalue weighted by Gasteiger charge is 2.32. The van der Waals surface area contributed by atoms with Gasteiger partial charge >= 0.3 is 0 Å². The number of ether oxygens (including phenoxy) is 2. The zero-order chi connectivity index (χ0) is 25.2. The van der Waals surface area contributed by atoms with Crippen molar-refractivity contribution in [2.45, 2.75) is 39.3 Å². The van der Waals surface area contributed by atoms with Crippen LogP contribution in [-0.4, -0.2) is 48.3 Å². The number of amides is 1. The molecular formula is C25H28ClN3O5S. The van der Waals surface area contributed by atoms with Crippen LogP contribution in [0.5, 0.6) is 11.5 Å². The monoisotopic (exact) mass is 517 g/mol. The standard InChI is InChI=1S/C25H28ClN3O5S/c1-16(2)34-22-9-8-18(12-17(22)3)21-13-24(29(28-21)19-10-11-35(31,32)15-19)27-25(30)14-33-23-7-5-4-6-20(23)26/h4-9,12-13,16,19H,10-11,14-15H2,1-3H3,(H,27,30)/t19-/m1/s1.